The second-order valence-electron chi connectivity index (χ2n) is 6.47. The molecule has 0 aliphatic carbocycles. The molecule has 0 unspecified atom stereocenters. The molecule has 0 saturated carbocycles. The van der Waals surface area contributed by atoms with Gasteiger partial charge in [-0.2, -0.15) is 0 Å². The number of hydrogen-bond donors (Lipinski definition) is 2. The second kappa shape index (κ2) is 8.67. The second-order valence-corrected chi connectivity index (χ2v) is 6.47. The number of hydrogen-bond acceptors (Lipinski definition) is 3. The van der Waals surface area contributed by atoms with Crippen LogP contribution in [0.2, 0.25) is 0 Å². The van der Waals surface area contributed by atoms with Crippen LogP contribution < -0.4 is 11.1 Å². The van der Waals surface area contributed by atoms with Crippen LogP contribution in [-0.4, -0.2) is 42.4 Å². The number of nitrogens with one attached hydrogen (secondary N) is 1. The zero-order valence-corrected chi connectivity index (χ0v) is 13.8. The number of piperidine rings is 1. The van der Waals surface area contributed by atoms with E-state index in [1.54, 1.807) is 0 Å². The predicted molar refractivity (Wildman–Crippen MR) is 90.7 cm³/mol. The van der Waals surface area contributed by atoms with Gasteiger partial charge in [-0.1, -0.05) is 30.3 Å². The molecule has 0 radical (unpaired) electrons. The van der Waals surface area contributed by atoms with Crippen molar-refractivity contribution in [3.63, 3.8) is 0 Å². The molecule has 1 aliphatic rings. The molecular formula is C18H27N3O2. The Hall–Kier alpha value is -1.88. The molecule has 0 bridgehead atoms. The van der Waals surface area contributed by atoms with Crippen molar-refractivity contribution < 1.29 is 9.59 Å². The van der Waals surface area contributed by atoms with Crippen molar-refractivity contribution in [2.75, 3.05) is 19.6 Å². The summed E-state index contributed by atoms with van der Waals surface area (Å²) in [7, 11) is 0. The van der Waals surface area contributed by atoms with Gasteiger partial charge in [0.2, 0.25) is 11.8 Å². The largest absolute Gasteiger partial charge is 0.369 e. The Balaban J connectivity index is 1.70. The van der Waals surface area contributed by atoms with Gasteiger partial charge in [0.1, 0.15) is 0 Å². The van der Waals surface area contributed by atoms with Crippen molar-refractivity contribution in [2.24, 2.45) is 11.7 Å². The third kappa shape index (κ3) is 6.02. The van der Waals surface area contributed by atoms with Crippen molar-refractivity contribution >= 4 is 11.8 Å². The fraction of sp³-hybridized carbons (Fsp3) is 0.556. The first-order valence-corrected chi connectivity index (χ1v) is 8.39. The fourth-order valence-electron chi connectivity index (χ4n) is 3.05. The quantitative estimate of drug-likeness (QED) is 0.796. The van der Waals surface area contributed by atoms with Gasteiger partial charge in [0.05, 0.1) is 12.5 Å². The number of benzene rings is 1. The van der Waals surface area contributed by atoms with Gasteiger partial charge in [-0.05, 0) is 44.7 Å². The van der Waals surface area contributed by atoms with E-state index in [1.165, 1.54) is 5.56 Å². The molecule has 1 saturated heterocycles. The van der Waals surface area contributed by atoms with Crippen LogP contribution in [0.5, 0.6) is 0 Å². The number of aryl methyl sites for hydroxylation is 1. The molecule has 1 aromatic carbocycles. The van der Waals surface area contributed by atoms with E-state index in [9.17, 15) is 9.59 Å². The Bertz CT molecular complexity index is 518. The van der Waals surface area contributed by atoms with Crippen molar-refractivity contribution in [3.05, 3.63) is 35.9 Å². The van der Waals surface area contributed by atoms with E-state index in [0.29, 0.717) is 13.1 Å². The summed E-state index contributed by atoms with van der Waals surface area (Å²) in [6, 6.07) is 10.4. The lowest BCUT2D eigenvalue weighted by Gasteiger charge is -2.30. The van der Waals surface area contributed by atoms with Crippen LogP contribution >= 0.6 is 0 Å². The van der Waals surface area contributed by atoms with E-state index in [4.69, 9.17) is 5.73 Å². The Labute approximate surface area is 138 Å². The minimum atomic E-state index is -0.258. The molecule has 0 spiro atoms. The molecule has 126 valence electrons. The van der Waals surface area contributed by atoms with Gasteiger partial charge < -0.3 is 11.1 Å². The van der Waals surface area contributed by atoms with Crippen LogP contribution in [0.25, 0.3) is 0 Å². The minimum absolute atomic E-state index is 0.0238. The maximum atomic E-state index is 12.1. The topological polar surface area (TPSA) is 75.4 Å². The molecule has 1 heterocycles. The summed E-state index contributed by atoms with van der Waals surface area (Å²) < 4.78 is 0. The van der Waals surface area contributed by atoms with Gasteiger partial charge in [-0.25, -0.2) is 0 Å². The molecule has 1 aliphatic heterocycles. The normalized spacial score (nSPS) is 20.0. The number of nitrogens with zero attached hydrogens (tertiary/aromatic N) is 1. The Kier molecular flexibility index (Phi) is 6.59. The van der Waals surface area contributed by atoms with Crippen LogP contribution in [0, 0.1) is 5.92 Å². The number of carbonyl (C=O) groups is 2. The molecule has 2 atom stereocenters. The highest BCUT2D eigenvalue weighted by atomic mass is 16.2. The number of carbonyl (C=O) groups excluding carboxylic acids is 2. The van der Waals surface area contributed by atoms with Gasteiger partial charge in [0.25, 0.3) is 0 Å². The third-order valence-corrected chi connectivity index (χ3v) is 4.39. The van der Waals surface area contributed by atoms with Crippen LogP contribution in [0.3, 0.4) is 0 Å². The van der Waals surface area contributed by atoms with E-state index < -0.39 is 0 Å². The Morgan fingerprint density at radius 1 is 1.35 bits per heavy atom. The van der Waals surface area contributed by atoms with Gasteiger partial charge in [-0.3, -0.25) is 14.5 Å². The van der Waals surface area contributed by atoms with E-state index in [2.05, 4.69) is 17.4 Å². The molecule has 0 aromatic heterocycles. The zero-order chi connectivity index (χ0) is 16.7. The number of amides is 2. The summed E-state index contributed by atoms with van der Waals surface area (Å²) in [4.78, 5) is 25.4. The van der Waals surface area contributed by atoms with Gasteiger partial charge >= 0.3 is 0 Å². The molecule has 5 nitrogen and oxygen atoms in total. The smallest absolute Gasteiger partial charge is 0.234 e. The lowest BCUT2D eigenvalue weighted by atomic mass is 9.97. The summed E-state index contributed by atoms with van der Waals surface area (Å²) in [5.74, 6) is -0.353. The van der Waals surface area contributed by atoms with Crippen molar-refractivity contribution in [1.29, 1.82) is 0 Å². The first-order valence-electron chi connectivity index (χ1n) is 8.39. The van der Waals surface area contributed by atoms with E-state index >= 15 is 0 Å². The van der Waals surface area contributed by atoms with Gasteiger partial charge in [-0.15, -0.1) is 0 Å². The van der Waals surface area contributed by atoms with Gasteiger partial charge in [0, 0.05) is 12.6 Å². The lowest BCUT2D eigenvalue weighted by molar-refractivity contribution is -0.127. The molecule has 5 heteroatoms. The molecule has 2 amide bonds. The fourth-order valence-corrected chi connectivity index (χ4v) is 3.05. The highest BCUT2D eigenvalue weighted by Gasteiger charge is 2.25. The average molecular weight is 317 g/mol. The van der Waals surface area contributed by atoms with Crippen LogP contribution in [0.4, 0.5) is 0 Å². The third-order valence-electron chi connectivity index (χ3n) is 4.39. The summed E-state index contributed by atoms with van der Waals surface area (Å²) in [5, 5.41) is 3.04. The number of likely N-dealkylation sites (tertiary alicyclic amines) is 1. The monoisotopic (exact) mass is 317 g/mol. The maximum absolute atomic E-state index is 12.1. The SMILES string of the molecule is C[C@@H](CCc1ccccc1)NC(=O)CN1CCC[C@H](C(N)=O)C1. The standard InChI is InChI=1S/C18H27N3O2/c1-14(9-10-15-6-3-2-4-7-15)20-17(22)13-21-11-5-8-16(12-21)18(19)23/h2-4,6-7,14,16H,5,8-13H2,1H3,(H2,19,23)(H,20,22)/t14-,16-/m0/s1. The Morgan fingerprint density at radius 3 is 2.78 bits per heavy atom. The summed E-state index contributed by atoms with van der Waals surface area (Å²) in [6.07, 6.45) is 3.63. The summed E-state index contributed by atoms with van der Waals surface area (Å²) >= 11 is 0. The molecule has 1 aromatic rings. The number of rotatable bonds is 7. The van der Waals surface area contributed by atoms with E-state index in [-0.39, 0.29) is 23.8 Å². The first-order chi connectivity index (χ1) is 11.0. The number of nitrogens with two attached hydrogens (primary N) is 1. The number of primary amides is 1. The van der Waals surface area contributed by atoms with Crippen molar-refractivity contribution in [2.45, 2.75) is 38.6 Å². The molecule has 3 N–H and O–H groups in total. The highest BCUT2D eigenvalue weighted by Crippen LogP contribution is 2.15. The van der Waals surface area contributed by atoms with Crippen molar-refractivity contribution in [1.82, 2.24) is 10.2 Å². The maximum Gasteiger partial charge on any atom is 0.234 e. The van der Waals surface area contributed by atoms with Crippen LogP contribution in [0.1, 0.15) is 31.7 Å². The summed E-state index contributed by atoms with van der Waals surface area (Å²) in [6.45, 7) is 3.83. The average Bonchev–Trinajstić information content (AvgIpc) is 2.54. The minimum Gasteiger partial charge on any atom is -0.369 e. The van der Waals surface area contributed by atoms with Crippen LogP contribution in [0.15, 0.2) is 30.3 Å². The van der Waals surface area contributed by atoms with E-state index in [0.717, 1.165) is 32.2 Å². The summed E-state index contributed by atoms with van der Waals surface area (Å²) in [5.41, 5.74) is 6.66. The molecule has 23 heavy (non-hydrogen) atoms. The molecular weight excluding hydrogens is 290 g/mol. The zero-order valence-electron chi connectivity index (χ0n) is 13.8. The molecule has 1 fully saturated rings. The Morgan fingerprint density at radius 2 is 2.09 bits per heavy atom. The predicted octanol–water partition coefficient (Wildman–Crippen LogP) is 1.32. The van der Waals surface area contributed by atoms with Gasteiger partial charge in [0.15, 0.2) is 0 Å². The van der Waals surface area contributed by atoms with Crippen molar-refractivity contribution in [3.8, 4) is 0 Å². The first kappa shape index (κ1) is 17.5. The van der Waals surface area contributed by atoms with E-state index in [1.807, 2.05) is 30.0 Å². The van der Waals surface area contributed by atoms with Crippen LogP contribution in [-0.2, 0) is 16.0 Å². The lowest BCUT2D eigenvalue weighted by Crippen LogP contribution is -2.47. The molecule has 2 rings (SSSR count). The highest BCUT2D eigenvalue weighted by molar-refractivity contribution is 5.79.